The van der Waals surface area contributed by atoms with Gasteiger partial charge in [-0.1, -0.05) is 86.6 Å². The van der Waals surface area contributed by atoms with E-state index in [2.05, 4.69) is 139 Å². The zero-order valence-electron chi connectivity index (χ0n) is 21.1. The third-order valence-electron chi connectivity index (χ3n) is 7.83. The van der Waals surface area contributed by atoms with E-state index in [1.165, 1.54) is 44.3 Å². The van der Waals surface area contributed by atoms with Gasteiger partial charge in [0.2, 0.25) is 0 Å². The Morgan fingerprint density at radius 2 is 1.30 bits per heavy atom. The van der Waals surface area contributed by atoms with Gasteiger partial charge < -0.3 is 9.88 Å². The first-order valence-corrected chi connectivity index (χ1v) is 12.9. The summed E-state index contributed by atoms with van der Waals surface area (Å²) < 4.78 is 0. The Kier molecular flexibility index (Phi) is 4.84. The fourth-order valence-corrected chi connectivity index (χ4v) is 6.05. The second-order valence-corrected chi connectivity index (χ2v) is 10.4. The average molecular weight is 477 g/mol. The van der Waals surface area contributed by atoms with Crippen molar-refractivity contribution >= 4 is 27.8 Å². The number of aromatic amines is 1. The number of fused-ring (bicyclic) bond motifs is 5. The number of hydrogen-bond acceptors (Lipinski definition) is 1. The lowest BCUT2D eigenvalue weighted by atomic mass is 9.80. The minimum atomic E-state index is -0.0959. The zero-order chi connectivity index (χ0) is 25.0. The zero-order valence-corrected chi connectivity index (χ0v) is 21.1. The van der Waals surface area contributed by atoms with Crippen molar-refractivity contribution in [1.29, 1.82) is 0 Å². The van der Waals surface area contributed by atoms with Crippen LogP contribution in [0.1, 0.15) is 25.0 Å². The second-order valence-electron chi connectivity index (χ2n) is 10.4. The molecule has 2 heteroatoms. The van der Waals surface area contributed by atoms with Gasteiger partial charge in [-0.15, -0.1) is 0 Å². The van der Waals surface area contributed by atoms with E-state index in [-0.39, 0.29) is 5.41 Å². The largest absolute Gasteiger partial charge is 0.361 e. The van der Waals surface area contributed by atoms with Gasteiger partial charge in [-0.2, -0.15) is 0 Å². The van der Waals surface area contributed by atoms with Gasteiger partial charge in [0.05, 0.1) is 0 Å². The van der Waals surface area contributed by atoms with E-state index in [1.807, 2.05) is 12.3 Å². The number of benzene rings is 5. The monoisotopic (exact) mass is 476 g/mol. The molecule has 6 aromatic rings. The number of nitrogens with one attached hydrogen (secondary N) is 1. The molecular weight excluding hydrogens is 448 g/mol. The fourth-order valence-electron chi connectivity index (χ4n) is 6.05. The van der Waals surface area contributed by atoms with E-state index in [4.69, 9.17) is 0 Å². The lowest BCUT2D eigenvalue weighted by Gasteiger charge is -2.28. The molecular formula is C35H28N2. The summed E-state index contributed by atoms with van der Waals surface area (Å²) in [6.45, 7) is 4.73. The Labute approximate surface area is 217 Å². The molecule has 0 saturated heterocycles. The predicted octanol–water partition coefficient (Wildman–Crippen LogP) is 9.61. The maximum absolute atomic E-state index is 3.31. The van der Waals surface area contributed by atoms with Gasteiger partial charge in [0.15, 0.2) is 0 Å². The summed E-state index contributed by atoms with van der Waals surface area (Å²) >= 11 is 0. The van der Waals surface area contributed by atoms with Crippen molar-refractivity contribution in [2.24, 2.45) is 0 Å². The molecule has 5 aromatic carbocycles. The van der Waals surface area contributed by atoms with Crippen molar-refractivity contribution in [2.45, 2.75) is 19.3 Å². The first-order chi connectivity index (χ1) is 18.1. The van der Waals surface area contributed by atoms with Crippen molar-refractivity contribution in [3.63, 3.8) is 0 Å². The van der Waals surface area contributed by atoms with Crippen LogP contribution in [0.2, 0.25) is 0 Å². The van der Waals surface area contributed by atoms with E-state index >= 15 is 0 Å². The number of para-hydroxylation sites is 1. The molecule has 0 saturated carbocycles. The molecule has 0 spiro atoms. The molecule has 0 atom stereocenters. The molecule has 1 heterocycles. The van der Waals surface area contributed by atoms with Crippen LogP contribution in [0.15, 0.2) is 128 Å². The molecule has 1 N–H and O–H groups in total. The van der Waals surface area contributed by atoms with Crippen LogP contribution >= 0.6 is 0 Å². The van der Waals surface area contributed by atoms with E-state index in [9.17, 15) is 0 Å². The van der Waals surface area contributed by atoms with Gasteiger partial charge in [0, 0.05) is 34.4 Å². The van der Waals surface area contributed by atoms with Crippen molar-refractivity contribution in [2.75, 3.05) is 4.90 Å². The number of rotatable bonds is 4. The summed E-state index contributed by atoms with van der Waals surface area (Å²) in [5.41, 5.74) is 11.2. The molecule has 2 nitrogen and oxygen atoms in total. The number of hydrogen-bond donors (Lipinski definition) is 1. The summed E-state index contributed by atoms with van der Waals surface area (Å²) in [6.07, 6.45) is 1.97. The summed E-state index contributed by atoms with van der Waals surface area (Å²) in [7, 11) is 0. The van der Waals surface area contributed by atoms with Crippen LogP contribution in [0, 0.1) is 0 Å². The van der Waals surface area contributed by atoms with Crippen molar-refractivity contribution in [1.82, 2.24) is 4.98 Å². The minimum Gasteiger partial charge on any atom is -0.361 e. The molecule has 1 aromatic heterocycles. The fraction of sp³-hybridized carbons (Fsp3) is 0.0857. The number of anilines is 3. The standard InChI is InChI=1S/C35H28N2/c1-35(2)32-23-28(19-21-30(32)31-20-16-24-9-6-7-12-29(24)34(31)35)37(26-10-4-3-5-11-26)27-17-14-25(15-18-27)33-13-8-22-36-33/h3-23,36H,1-2H3. The third kappa shape index (κ3) is 3.41. The van der Waals surface area contributed by atoms with Gasteiger partial charge in [-0.25, -0.2) is 0 Å². The van der Waals surface area contributed by atoms with Crippen LogP contribution < -0.4 is 4.90 Å². The Balaban J connectivity index is 1.38. The lowest BCUT2D eigenvalue weighted by Crippen LogP contribution is -2.17. The van der Waals surface area contributed by atoms with E-state index in [0.717, 1.165) is 17.1 Å². The van der Waals surface area contributed by atoms with Crippen LogP contribution in [0.3, 0.4) is 0 Å². The van der Waals surface area contributed by atoms with Gasteiger partial charge in [0.25, 0.3) is 0 Å². The highest BCUT2D eigenvalue weighted by molar-refractivity contribution is 5.98. The smallest absolute Gasteiger partial charge is 0.0465 e. The predicted molar refractivity (Wildman–Crippen MR) is 156 cm³/mol. The van der Waals surface area contributed by atoms with Gasteiger partial charge in [-0.05, 0) is 87.1 Å². The van der Waals surface area contributed by atoms with E-state index < -0.39 is 0 Å². The highest BCUT2D eigenvalue weighted by Crippen LogP contribution is 2.52. The molecule has 0 radical (unpaired) electrons. The number of aromatic nitrogens is 1. The van der Waals surface area contributed by atoms with Crippen LogP contribution in [0.4, 0.5) is 17.1 Å². The van der Waals surface area contributed by atoms with Crippen molar-refractivity contribution in [3.8, 4) is 22.4 Å². The van der Waals surface area contributed by atoms with Crippen molar-refractivity contribution < 1.29 is 0 Å². The van der Waals surface area contributed by atoms with Crippen LogP contribution in [-0.4, -0.2) is 4.98 Å². The van der Waals surface area contributed by atoms with E-state index in [0.29, 0.717) is 0 Å². The maximum atomic E-state index is 3.31. The highest BCUT2D eigenvalue weighted by atomic mass is 15.1. The molecule has 1 aliphatic carbocycles. The Bertz CT molecular complexity index is 1730. The van der Waals surface area contributed by atoms with E-state index in [1.54, 1.807) is 0 Å². The minimum absolute atomic E-state index is 0.0959. The molecule has 0 unspecified atom stereocenters. The second kappa shape index (κ2) is 8.25. The lowest BCUT2D eigenvalue weighted by molar-refractivity contribution is 0.666. The molecule has 0 aliphatic heterocycles. The first-order valence-electron chi connectivity index (χ1n) is 12.9. The van der Waals surface area contributed by atoms with Crippen LogP contribution in [0.5, 0.6) is 0 Å². The summed E-state index contributed by atoms with van der Waals surface area (Å²) in [5, 5.41) is 2.65. The normalized spacial score (nSPS) is 13.4. The Morgan fingerprint density at radius 1 is 0.595 bits per heavy atom. The molecule has 178 valence electrons. The maximum Gasteiger partial charge on any atom is 0.0465 e. The Morgan fingerprint density at radius 3 is 2.08 bits per heavy atom. The highest BCUT2D eigenvalue weighted by Gasteiger charge is 2.37. The third-order valence-corrected chi connectivity index (χ3v) is 7.83. The molecule has 0 bridgehead atoms. The molecule has 0 amide bonds. The first kappa shape index (κ1) is 21.7. The molecule has 1 aliphatic rings. The van der Waals surface area contributed by atoms with Gasteiger partial charge >= 0.3 is 0 Å². The molecule has 7 rings (SSSR count). The summed E-state index contributed by atoms with van der Waals surface area (Å²) in [5.74, 6) is 0. The number of nitrogens with zero attached hydrogens (tertiary/aromatic N) is 1. The summed E-state index contributed by atoms with van der Waals surface area (Å²) in [4.78, 5) is 5.67. The topological polar surface area (TPSA) is 19.0 Å². The summed E-state index contributed by atoms with van der Waals surface area (Å²) in [6, 6.07) is 43.9. The quantitative estimate of drug-likeness (QED) is 0.268. The number of H-pyrrole nitrogens is 1. The van der Waals surface area contributed by atoms with Gasteiger partial charge in [0.1, 0.15) is 0 Å². The molecule has 0 fully saturated rings. The van der Waals surface area contributed by atoms with Crippen LogP contribution in [-0.2, 0) is 5.41 Å². The average Bonchev–Trinajstić information content (AvgIpc) is 3.56. The Hall–Kier alpha value is -4.56. The van der Waals surface area contributed by atoms with Crippen molar-refractivity contribution in [3.05, 3.63) is 139 Å². The molecule has 37 heavy (non-hydrogen) atoms. The SMILES string of the molecule is CC1(C)c2cc(N(c3ccccc3)c3ccc(-c4ccc[nH]4)cc3)ccc2-c2ccc3ccccc3c21. The van der Waals surface area contributed by atoms with Gasteiger partial charge in [-0.3, -0.25) is 0 Å². The van der Waals surface area contributed by atoms with Crippen LogP contribution in [0.25, 0.3) is 33.2 Å².